The van der Waals surface area contributed by atoms with Gasteiger partial charge < -0.3 is 10.1 Å². The van der Waals surface area contributed by atoms with E-state index in [1.54, 1.807) is 0 Å². The molecule has 0 radical (unpaired) electrons. The van der Waals surface area contributed by atoms with E-state index in [1.165, 1.54) is 29.5 Å². The van der Waals surface area contributed by atoms with E-state index in [0.29, 0.717) is 6.04 Å². The number of aryl methyl sites for hydroxylation is 2. The molecule has 0 heterocycles. The lowest BCUT2D eigenvalue weighted by molar-refractivity contribution is -0.0364. The van der Waals surface area contributed by atoms with Gasteiger partial charge in [0.15, 0.2) is 0 Å². The first kappa shape index (κ1) is 14.5. The van der Waals surface area contributed by atoms with E-state index in [2.05, 4.69) is 44.3 Å². The molecule has 2 nitrogen and oxygen atoms in total. The van der Waals surface area contributed by atoms with Gasteiger partial charge in [0.05, 0.1) is 11.6 Å². The molecule has 2 rings (SSSR count). The Morgan fingerprint density at radius 3 is 2.21 bits per heavy atom. The van der Waals surface area contributed by atoms with Gasteiger partial charge >= 0.3 is 0 Å². The standard InChI is InChI=1S/C17H27NO/c1-5-18-16(17(19-4)8-6-7-9-17)15-11-13(2)10-14(3)12-15/h10-12,16,18H,5-9H2,1-4H3. The third kappa shape index (κ3) is 3.01. The fourth-order valence-electron chi connectivity index (χ4n) is 3.57. The molecule has 1 aromatic carbocycles. The van der Waals surface area contributed by atoms with Crippen LogP contribution < -0.4 is 5.32 Å². The van der Waals surface area contributed by atoms with E-state index in [-0.39, 0.29) is 5.60 Å². The highest BCUT2D eigenvalue weighted by Crippen LogP contribution is 2.42. The number of hydrogen-bond acceptors (Lipinski definition) is 2. The first-order chi connectivity index (χ1) is 9.11. The van der Waals surface area contributed by atoms with Crippen LogP contribution in [0.3, 0.4) is 0 Å². The number of ether oxygens (including phenoxy) is 1. The molecule has 1 saturated carbocycles. The third-order valence-electron chi connectivity index (χ3n) is 4.37. The number of benzene rings is 1. The minimum atomic E-state index is -0.0176. The normalized spacial score (nSPS) is 19.6. The van der Waals surface area contributed by atoms with Crippen LogP contribution in [0.4, 0.5) is 0 Å². The summed E-state index contributed by atoms with van der Waals surface area (Å²) in [7, 11) is 1.87. The summed E-state index contributed by atoms with van der Waals surface area (Å²) < 4.78 is 5.99. The molecule has 1 aliphatic rings. The van der Waals surface area contributed by atoms with Gasteiger partial charge in [0.2, 0.25) is 0 Å². The summed E-state index contributed by atoms with van der Waals surface area (Å²) in [5, 5.41) is 3.66. The fourth-order valence-corrected chi connectivity index (χ4v) is 3.57. The Bertz CT molecular complexity index is 401. The molecule has 0 aromatic heterocycles. The van der Waals surface area contributed by atoms with Crippen LogP contribution in [0.5, 0.6) is 0 Å². The first-order valence-electron chi connectivity index (χ1n) is 7.48. The fraction of sp³-hybridized carbons (Fsp3) is 0.647. The Balaban J connectivity index is 2.38. The Hall–Kier alpha value is -0.860. The molecule has 19 heavy (non-hydrogen) atoms. The third-order valence-corrected chi connectivity index (χ3v) is 4.37. The maximum absolute atomic E-state index is 5.99. The smallest absolute Gasteiger partial charge is 0.0872 e. The van der Waals surface area contributed by atoms with Crippen molar-refractivity contribution in [3.05, 3.63) is 34.9 Å². The summed E-state index contributed by atoms with van der Waals surface area (Å²) in [6.07, 6.45) is 4.88. The molecule has 0 bridgehead atoms. The van der Waals surface area contributed by atoms with Gasteiger partial charge in [-0.05, 0) is 38.8 Å². The predicted octanol–water partition coefficient (Wildman–Crippen LogP) is 3.91. The molecule has 1 fully saturated rings. The Labute approximate surface area is 117 Å². The maximum Gasteiger partial charge on any atom is 0.0872 e. The summed E-state index contributed by atoms with van der Waals surface area (Å²) in [6, 6.07) is 7.16. The van der Waals surface area contributed by atoms with Crippen molar-refractivity contribution in [2.24, 2.45) is 0 Å². The highest BCUT2D eigenvalue weighted by atomic mass is 16.5. The van der Waals surface area contributed by atoms with Crippen LogP contribution in [-0.4, -0.2) is 19.3 Å². The van der Waals surface area contributed by atoms with Gasteiger partial charge in [0.1, 0.15) is 0 Å². The van der Waals surface area contributed by atoms with E-state index in [9.17, 15) is 0 Å². The zero-order valence-corrected chi connectivity index (χ0v) is 12.8. The molecule has 1 atom stereocenters. The van der Waals surface area contributed by atoms with Gasteiger partial charge in [-0.1, -0.05) is 49.1 Å². The van der Waals surface area contributed by atoms with Crippen LogP contribution in [0.2, 0.25) is 0 Å². The van der Waals surface area contributed by atoms with Crippen molar-refractivity contribution >= 4 is 0 Å². The highest BCUT2D eigenvalue weighted by molar-refractivity contribution is 5.32. The Morgan fingerprint density at radius 2 is 1.74 bits per heavy atom. The Kier molecular flexibility index (Phi) is 4.64. The van der Waals surface area contributed by atoms with Crippen molar-refractivity contribution in [2.45, 2.75) is 58.1 Å². The molecule has 1 aliphatic carbocycles. The van der Waals surface area contributed by atoms with Crippen molar-refractivity contribution in [3.63, 3.8) is 0 Å². The summed E-state index contributed by atoms with van der Waals surface area (Å²) in [4.78, 5) is 0. The minimum absolute atomic E-state index is 0.0176. The van der Waals surface area contributed by atoms with Crippen molar-refractivity contribution in [1.82, 2.24) is 5.32 Å². The molecule has 1 unspecified atom stereocenters. The average molecular weight is 261 g/mol. The zero-order valence-electron chi connectivity index (χ0n) is 12.8. The van der Waals surface area contributed by atoms with Crippen LogP contribution in [0.25, 0.3) is 0 Å². The number of hydrogen-bond donors (Lipinski definition) is 1. The van der Waals surface area contributed by atoms with Gasteiger partial charge in [-0.15, -0.1) is 0 Å². The first-order valence-corrected chi connectivity index (χ1v) is 7.48. The van der Waals surface area contributed by atoms with E-state index in [4.69, 9.17) is 4.74 Å². The van der Waals surface area contributed by atoms with Crippen molar-refractivity contribution < 1.29 is 4.74 Å². The monoisotopic (exact) mass is 261 g/mol. The molecule has 0 spiro atoms. The Morgan fingerprint density at radius 1 is 1.16 bits per heavy atom. The van der Waals surface area contributed by atoms with Crippen LogP contribution in [-0.2, 0) is 4.74 Å². The average Bonchev–Trinajstić information content (AvgIpc) is 2.84. The lowest BCUT2D eigenvalue weighted by Crippen LogP contribution is -2.43. The van der Waals surface area contributed by atoms with Gasteiger partial charge in [-0.3, -0.25) is 0 Å². The molecule has 2 heteroatoms. The SMILES string of the molecule is CCNC(c1cc(C)cc(C)c1)C1(OC)CCCC1. The van der Waals surface area contributed by atoms with Gasteiger partial charge in [0, 0.05) is 7.11 Å². The second-order valence-electron chi connectivity index (χ2n) is 5.89. The highest BCUT2D eigenvalue weighted by Gasteiger charge is 2.42. The van der Waals surface area contributed by atoms with E-state index < -0.39 is 0 Å². The van der Waals surface area contributed by atoms with Crippen molar-refractivity contribution in [3.8, 4) is 0 Å². The molecule has 0 aliphatic heterocycles. The molecular weight excluding hydrogens is 234 g/mol. The zero-order chi connectivity index (χ0) is 13.9. The van der Waals surface area contributed by atoms with E-state index in [0.717, 1.165) is 19.4 Å². The van der Waals surface area contributed by atoms with E-state index >= 15 is 0 Å². The quantitative estimate of drug-likeness (QED) is 0.867. The molecule has 106 valence electrons. The number of nitrogens with one attached hydrogen (secondary N) is 1. The second-order valence-corrected chi connectivity index (χ2v) is 5.89. The number of methoxy groups -OCH3 is 1. The van der Waals surface area contributed by atoms with Crippen LogP contribution in [0, 0.1) is 13.8 Å². The van der Waals surface area contributed by atoms with E-state index in [1.807, 2.05) is 7.11 Å². The van der Waals surface area contributed by atoms with Gasteiger partial charge in [0.25, 0.3) is 0 Å². The molecular formula is C17H27NO. The van der Waals surface area contributed by atoms with Crippen LogP contribution in [0.1, 0.15) is 55.3 Å². The predicted molar refractivity (Wildman–Crippen MR) is 80.5 cm³/mol. The van der Waals surface area contributed by atoms with Crippen molar-refractivity contribution in [1.29, 1.82) is 0 Å². The number of rotatable bonds is 5. The molecule has 1 aromatic rings. The molecule has 0 saturated heterocycles. The summed E-state index contributed by atoms with van der Waals surface area (Å²) in [5.41, 5.74) is 4.03. The minimum Gasteiger partial charge on any atom is -0.376 e. The topological polar surface area (TPSA) is 21.3 Å². The lowest BCUT2D eigenvalue weighted by atomic mass is 9.85. The van der Waals surface area contributed by atoms with Crippen LogP contribution in [0.15, 0.2) is 18.2 Å². The van der Waals surface area contributed by atoms with Crippen molar-refractivity contribution in [2.75, 3.05) is 13.7 Å². The largest absolute Gasteiger partial charge is 0.376 e. The summed E-state index contributed by atoms with van der Waals surface area (Å²) in [6.45, 7) is 7.50. The van der Waals surface area contributed by atoms with Crippen LogP contribution >= 0.6 is 0 Å². The summed E-state index contributed by atoms with van der Waals surface area (Å²) in [5.74, 6) is 0. The maximum atomic E-state index is 5.99. The second kappa shape index (κ2) is 6.06. The lowest BCUT2D eigenvalue weighted by Gasteiger charge is -2.37. The van der Waals surface area contributed by atoms with Gasteiger partial charge in [-0.2, -0.15) is 0 Å². The van der Waals surface area contributed by atoms with Gasteiger partial charge in [-0.25, -0.2) is 0 Å². The molecule has 1 N–H and O–H groups in total. The summed E-state index contributed by atoms with van der Waals surface area (Å²) >= 11 is 0. The molecule has 0 amide bonds. The number of likely N-dealkylation sites (N-methyl/N-ethyl adjacent to an activating group) is 1.